The monoisotopic (exact) mass is 432 g/mol. The summed E-state index contributed by atoms with van der Waals surface area (Å²) in [4.78, 5) is 20.7. The summed E-state index contributed by atoms with van der Waals surface area (Å²) in [6.45, 7) is 5.33. The minimum Gasteiger partial charge on any atom is -0.351 e. The minimum absolute atomic E-state index is 0.0216. The second kappa shape index (κ2) is 9.61. The molecule has 1 amide bonds. The molecule has 0 saturated carbocycles. The Hall–Kier alpha value is -3.39. The Morgan fingerprint density at radius 1 is 1.06 bits per heavy atom. The van der Waals surface area contributed by atoms with Gasteiger partial charge in [-0.05, 0) is 48.2 Å². The van der Waals surface area contributed by atoms with E-state index in [2.05, 4.69) is 52.4 Å². The molecule has 0 fully saturated rings. The summed E-state index contributed by atoms with van der Waals surface area (Å²) in [7, 11) is 0. The highest BCUT2D eigenvalue weighted by Crippen LogP contribution is 2.22. The fraction of sp³-hybridized carbons (Fsp3) is 0.217. The quantitative estimate of drug-likeness (QED) is 0.431. The van der Waals surface area contributed by atoms with Gasteiger partial charge in [0.15, 0.2) is 5.16 Å². The van der Waals surface area contributed by atoms with Crippen molar-refractivity contribution in [3.8, 4) is 5.69 Å². The van der Waals surface area contributed by atoms with Gasteiger partial charge < -0.3 is 5.32 Å². The lowest BCUT2D eigenvalue weighted by atomic mass is 10.1. The van der Waals surface area contributed by atoms with Crippen LogP contribution in [0.15, 0.2) is 72.7 Å². The first-order valence-corrected chi connectivity index (χ1v) is 11.0. The van der Waals surface area contributed by atoms with Crippen LogP contribution in [0.25, 0.3) is 5.69 Å². The van der Waals surface area contributed by atoms with Gasteiger partial charge in [0.2, 0.25) is 5.91 Å². The average molecular weight is 433 g/mol. The SMILES string of the molecule is Cc1cc(C)cc(-n2ccnc2SCC(=O)NCc2ccc(Cn3cncn3)cc2)c1. The Morgan fingerprint density at radius 3 is 2.52 bits per heavy atom. The van der Waals surface area contributed by atoms with E-state index < -0.39 is 0 Å². The van der Waals surface area contributed by atoms with Crippen molar-refractivity contribution in [3.05, 3.63) is 89.8 Å². The van der Waals surface area contributed by atoms with Crippen LogP contribution in [0.2, 0.25) is 0 Å². The van der Waals surface area contributed by atoms with Gasteiger partial charge in [0, 0.05) is 24.6 Å². The third kappa shape index (κ3) is 5.61. The summed E-state index contributed by atoms with van der Waals surface area (Å²) in [6, 6.07) is 14.5. The molecular formula is C23H24N6OS. The fourth-order valence-corrected chi connectivity index (χ4v) is 4.13. The number of thioether (sulfide) groups is 1. The number of benzene rings is 2. The number of carbonyl (C=O) groups is 1. The lowest BCUT2D eigenvalue weighted by Crippen LogP contribution is -2.24. The van der Waals surface area contributed by atoms with Gasteiger partial charge in [0.1, 0.15) is 12.7 Å². The van der Waals surface area contributed by atoms with E-state index >= 15 is 0 Å². The number of rotatable bonds is 8. The van der Waals surface area contributed by atoms with E-state index in [9.17, 15) is 4.79 Å². The van der Waals surface area contributed by atoms with Gasteiger partial charge >= 0.3 is 0 Å². The van der Waals surface area contributed by atoms with Gasteiger partial charge in [-0.15, -0.1) is 0 Å². The second-order valence-electron chi connectivity index (χ2n) is 7.40. The summed E-state index contributed by atoms with van der Waals surface area (Å²) in [5.41, 5.74) is 5.64. The first-order valence-electron chi connectivity index (χ1n) is 9.98. The maximum atomic E-state index is 12.4. The highest BCUT2D eigenvalue weighted by atomic mass is 32.2. The van der Waals surface area contributed by atoms with Gasteiger partial charge in [-0.2, -0.15) is 5.10 Å². The maximum absolute atomic E-state index is 12.4. The number of aryl methyl sites for hydroxylation is 2. The van der Waals surface area contributed by atoms with Crippen LogP contribution in [-0.4, -0.2) is 36.0 Å². The molecule has 4 aromatic rings. The number of hydrogen-bond donors (Lipinski definition) is 1. The summed E-state index contributed by atoms with van der Waals surface area (Å²) < 4.78 is 3.79. The van der Waals surface area contributed by atoms with Crippen LogP contribution in [0.1, 0.15) is 22.3 Å². The summed E-state index contributed by atoms with van der Waals surface area (Å²) in [5, 5.41) is 7.89. The molecule has 0 radical (unpaired) electrons. The molecule has 0 bridgehead atoms. The molecule has 1 N–H and O–H groups in total. The molecule has 0 saturated heterocycles. The lowest BCUT2D eigenvalue weighted by molar-refractivity contribution is -0.118. The molecule has 0 aliphatic rings. The van der Waals surface area contributed by atoms with Gasteiger partial charge in [0.05, 0.1) is 12.3 Å². The van der Waals surface area contributed by atoms with Crippen molar-refractivity contribution in [1.82, 2.24) is 29.6 Å². The largest absolute Gasteiger partial charge is 0.351 e. The number of amides is 1. The van der Waals surface area contributed by atoms with Gasteiger partial charge in [0.25, 0.3) is 0 Å². The maximum Gasteiger partial charge on any atom is 0.230 e. The molecule has 0 unspecified atom stereocenters. The van der Waals surface area contributed by atoms with Crippen LogP contribution >= 0.6 is 11.8 Å². The standard InChI is InChI=1S/C23H24N6OS/c1-17-9-18(2)11-21(10-17)29-8-7-25-23(29)31-14-22(30)26-12-19-3-5-20(6-4-19)13-28-16-24-15-27-28/h3-11,15-16H,12-14H2,1-2H3,(H,26,30). The van der Waals surface area contributed by atoms with Crippen LogP contribution < -0.4 is 5.32 Å². The van der Waals surface area contributed by atoms with Crippen molar-refractivity contribution in [2.75, 3.05) is 5.75 Å². The molecule has 0 spiro atoms. The lowest BCUT2D eigenvalue weighted by Gasteiger charge is -2.10. The van der Waals surface area contributed by atoms with Crippen LogP contribution in [-0.2, 0) is 17.9 Å². The van der Waals surface area contributed by atoms with Gasteiger partial charge in [-0.3, -0.25) is 9.36 Å². The van der Waals surface area contributed by atoms with E-state index in [1.807, 2.05) is 35.0 Å². The normalized spacial score (nSPS) is 10.9. The Bertz CT molecular complexity index is 1130. The molecule has 4 rings (SSSR count). The average Bonchev–Trinajstić information content (AvgIpc) is 3.43. The summed E-state index contributed by atoms with van der Waals surface area (Å²) >= 11 is 1.43. The van der Waals surface area contributed by atoms with Crippen molar-refractivity contribution < 1.29 is 4.79 Å². The van der Waals surface area contributed by atoms with Gasteiger partial charge in [-0.1, -0.05) is 42.1 Å². The second-order valence-corrected chi connectivity index (χ2v) is 8.34. The van der Waals surface area contributed by atoms with E-state index in [0.29, 0.717) is 18.8 Å². The van der Waals surface area contributed by atoms with E-state index in [0.717, 1.165) is 22.0 Å². The summed E-state index contributed by atoms with van der Waals surface area (Å²) in [5.74, 6) is 0.290. The van der Waals surface area contributed by atoms with E-state index in [1.54, 1.807) is 17.2 Å². The molecule has 7 nitrogen and oxygen atoms in total. The highest BCUT2D eigenvalue weighted by Gasteiger charge is 2.10. The molecule has 0 aliphatic heterocycles. The van der Waals surface area contributed by atoms with E-state index in [1.165, 1.54) is 29.2 Å². The van der Waals surface area contributed by atoms with Crippen LogP contribution in [0.3, 0.4) is 0 Å². The number of nitrogens with one attached hydrogen (secondary N) is 1. The zero-order chi connectivity index (χ0) is 21.6. The number of imidazole rings is 1. The van der Waals surface area contributed by atoms with Crippen molar-refractivity contribution in [3.63, 3.8) is 0 Å². The predicted octanol–water partition coefficient (Wildman–Crippen LogP) is 3.54. The smallest absolute Gasteiger partial charge is 0.230 e. The van der Waals surface area contributed by atoms with Crippen LogP contribution in [0.4, 0.5) is 0 Å². The first kappa shape index (κ1) is 20.9. The molecule has 2 aromatic heterocycles. The third-order valence-electron chi connectivity index (χ3n) is 4.75. The summed E-state index contributed by atoms with van der Waals surface area (Å²) in [6.07, 6.45) is 6.90. The number of carbonyl (C=O) groups excluding carboxylic acids is 1. The zero-order valence-corrected chi connectivity index (χ0v) is 18.3. The molecular weight excluding hydrogens is 408 g/mol. The molecule has 0 aliphatic carbocycles. The van der Waals surface area contributed by atoms with Crippen LogP contribution in [0.5, 0.6) is 0 Å². The zero-order valence-electron chi connectivity index (χ0n) is 17.5. The molecule has 31 heavy (non-hydrogen) atoms. The van der Waals surface area contributed by atoms with Crippen molar-refractivity contribution in [2.24, 2.45) is 0 Å². The minimum atomic E-state index is -0.0216. The number of hydrogen-bond acceptors (Lipinski definition) is 5. The fourth-order valence-electron chi connectivity index (χ4n) is 3.33. The Labute approximate surface area is 185 Å². The third-order valence-corrected chi connectivity index (χ3v) is 5.71. The van der Waals surface area contributed by atoms with Crippen molar-refractivity contribution in [2.45, 2.75) is 32.1 Å². The Morgan fingerprint density at radius 2 is 1.81 bits per heavy atom. The van der Waals surface area contributed by atoms with E-state index in [4.69, 9.17) is 0 Å². The predicted molar refractivity (Wildman–Crippen MR) is 121 cm³/mol. The van der Waals surface area contributed by atoms with Crippen molar-refractivity contribution >= 4 is 17.7 Å². The topological polar surface area (TPSA) is 77.6 Å². The highest BCUT2D eigenvalue weighted by molar-refractivity contribution is 7.99. The molecule has 2 heterocycles. The number of nitrogens with zero attached hydrogens (tertiary/aromatic N) is 5. The van der Waals surface area contributed by atoms with Gasteiger partial charge in [-0.25, -0.2) is 14.6 Å². The molecule has 0 atom stereocenters. The Balaban J connectivity index is 1.29. The molecule has 8 heteroatoms. The molecule has 158 valence electrons. The van der Waals surface area contributed by atoms with Crippen molar-refractivity contribution in [1.29, 1.82) is 0 Å². The number of aromatic nitrogens is 5. The first-order chi connectivity index (χ1) is 15.1. The van der Waals surface area contributed by atoms with Crippen LogP contribution in [0, 0.1) is 13.8 Å². The molecule has 2 aromatic carbocycles. The van der Waals surface area contributed by atoms with E-state index in [-0.39, 0.29) is 5.91 Å². The Kier molecular flexibility index (Phi) is 6.47.